The van der Waals surface area contributed by atoms with Crippen molar-refractivity contribution in [3.8, 4) is 0 Å². The van der Waals surface area contributed by atoms with Gasteiger partial charge in [0.25, 0.3) is 0 Å². The van der Waals surface area contributed by atoms with E-state index in [0.717, 1.165) is 43.9 Å². The molecule has 0 amide bonds. The monoisotopic (exact) mass is 328 g/mol. The number of carbonyl (C=O) groups is 1. The fraction of sp³-hybridized carbons (Fsp3) is 0.550. The molecule has 128 valence electrons. The molecule has 1 aromatic rings. The Morgan fingerprint density at radius 1 is 1.12 bits per heavy atom. The second-order valence-electron chi connectivity index (χ2n) is 7.98. The van der Waals surface area contributed by atoms with Crippen LogP contribution in [-0.2, 0) is 4.79 Å². The molecule has 4 rings (SSSR count). The lowest BCUT2D eigenvalue weighted by Crippen LogP contribution is -2.46. The Bertz CT molecular complexity index is 699. The lowest BCUT2D eigenvalue weighted by atomic mass is 9.95. The van der Waals surface area contributed by atoms with Gasteiger partial charge in [0.2, 0.25) is 0 Å². The van der Waals surface area contributed by atoms with Crippen LogP contribution in [-0.4, -0.2) is 36.9 Å². The molecule has 0 spiro atoms. The van der Waals surface area contributed by atoms with Crippen LogP contribution in [0.15, 0.2) is 35.5 Å². The summed E-state index contributed by atoms with van der Waals surface area (Å²) in [5.41, 5.74) is 3.67. The van der Waals surface area contributed by atoms with E-state index in [0.29, 0.717) is 23.0 Å². The lowest BCUT2D eigenvalue weighted by molar-refractivity contribution is -0.115. The molecule has 1 heterocycles. The first-order chi connectivity index (χ1) is 11.4. The molecular weight excluding hydrogens is 303 g/mol. The van der Waals surface area contributed by atoms with Crippen LogP contribution in [0.5, 0.6) is 0 Å². The van der Waals surface area contributed by atoms with Crippen LogP contribution < -0.4 is 4.90 Å². The molecule has 0 N–H and O–H groups in total. The van der Waals surface area contributed by atoms with Crippen molar-refractivity contribution in [1.82, 2.24) is 4.90 Å². The maximum atomic E-state index is 13.1. The molecule has 2 aliphatic carbocycles. The van der Waals surface area contributed by atoms with E-state index in [-0.39, 0.29) is 5.82 Å². The second-order valence-corrected chi connectivity index (χ2v) is 7.98. The van der Waals surface area contributed by atoms with Gasteiger partial charge in [0.05, 0.1) is 0 Å². The molecule has 0 bridgehead atoms. The van der Waals surface area contributed by atoms with Gasteiger partial charge in [0, 0.05) is 49.6 Å². The number of nitrogens with zero attached hydrogens (tertiary/aromatic N) is 2. The number of hydrogen-bond acceptors (Lipinski definition) is 3. The number of halogens is 1. The highest BCUT2D eigenvalue weighted by atomic mass is 19.1. The SMILES string of the molecule is C/C(=C1\C(=O)C[C@H]2[C@H]1C2(C)C)N1CCN(c2ccc(F)cc2)CC1. The number of rotatable bonds is 2. The Balaban J connectivity index is 1.47. The number of fused-ring (bicyclic) bond motifs is 1. The van der Waals surface area contributed by atoms with Gasteiger partial charge in [0.15, 0.2) is 5.78 Å². The molecule has 2 atom stereocenters. The molecule has 3 aliphatic rings. The first kappa shape index (κ1) is 15.7. The lowest BCUT2D eigenvalue weighted by Gasteiger charge is -2.38. The minimum atomic E-state index is -0.195. The van der Waals surface area contributed by atoms with Crippen LogP contribution in [0.3, 0.4) is 0 Å². The highest BCUT2D eigenvalue weighted by Gasteiger charge is 2.65. The third-order valence-electron chi connectivity index (χ3n) is 6.40. The largest absolute Gasteiger partial charge is 0.371 e. The summed E-state index contributed by atoms with van der Waals surface area (Å²) in [5.74, 6) is 1.21. The quantitative estimate of drug-likeness (QED) is 0.777. The minimum absolute atomic E-state index is 0.195. The van der Waals surface area contributed by atoms with E-state index in [4.69, 9.17) is 0 Å². The zero-order chi connectivity index (χ0) is 17.1. The number of ketones is 1. The molecule has 3 nitrogen and oxygen atoms in total. The molecule has 1 saturated heterocycles. The van der Waals surface area contributed by atoms with Crippen LogP contribution in [0, 0.1) is 23.1 Å². The summed E-state index contributed by atoms with van der Waals surface area (Å²) in [6.45, 7) is 10.3. The fourth-order valence-electron chi connectivity index (χ4n) is 4.73. The number of carbonyl (C=O) groups excluding carboxylic acids is 1. The van der Waals surface area contributed by atoms with E-state index < -0.39 is 0 Å². The van der Waals surface area contributed by atoms with E-state index >= 15 is 0 Å². The molecule has 0 radical (unpaired) electrons. The van der Waals surface area contributed by atoms with Gasteiger partial charge < -0.3 is 9.80 Å². The van der Waals surface area contributed by atoms with Gasteiger partial charge in [-0.15, -0.1) is 0 Å². The van der Waals surface area contributed by atoms with Crippen LogP contribution in [0.4, 0.5) is 10.1 Å². The topological polar surface area (TPSA) is 23.6 Å². The summed E-state index contributed by atoms with van der Waals surface area (Å²) in [7, 11) is 0. The number of anilines is 1. The Morgan fingerprint density at radius 2 is 1.75 bits per heavy atom. The molecule has 1 aromatic carbocycles. The van der Waals surface area contributed by atoms with Crippen molar-refractivity contribution in [3.05, 3.63) is 41.4 Å². The maximum absolute atomic E-state index is 13.1. The first-order valence-corrected chi connectivity index (χ1v) is 8.89. The highest BCUT2D eigenvalue weighted by molar-refractivity contribution is 6.01. The third-order valence-corrected chi connectivity index (χ3v) is 6.40. The number of allylic oxidation sites excluding steroid dienone is 2. The molecule has 24 heavy (non-hydrogen) atoms. The van der Waals surface area contributed by atoms with Crippen molar-refractivity contribution in [1.29, 1.82) is 0 Å². The van der Waals surface area contributed by atoms with E-state index in [1.165, 1.54) is 17.8 Å². The second kappa shape index (κ2) is 5.33. The first-order valence-electron chi connectivity index (χ1n) is 8.89. The molecule has 0 unspecified atom stereocenters. The van der Waals surface area contributed by atoms with Crippen molar-refractivity contribution in [2.45, 2.75) is 27.2 Å². The number of benzene rings is 1. The molecular formula is C20H25FN2O. The normalized spacial score (nSPS) is 30.4. The third kappa shape index (κ3) is 2.35. The zero-order valence-electron chi connectivity index (χ0n) is 14.7. The number of Topliss-reactive ketones (excluding diaryl/α,β-unsaturated/α-hetero) is 1. The molecule has 2 saturated carbocycles. The van der Waals surface area contributed by atoms with Crippen molar-refractivity contribution in [2.24, 2.45) is 17.3 Å². The van der Waals surface area contributed by atoms with Crippen molar-refractivity contribution < 1.29 is 9.18 Å². The molecule has 0 aromatic heterocycles. The summed E-state index contributed by atoms with van der Waals surface area (Å²) in [6, 6.07) is 6.71. The average Bonchev–Trinajstić information content (AvgIpc) is 2.92. The van der Waals surface area contributed by atoms with Gasteiger partial charge in [-0.3, -0.25) is 4.79 Å². The standard InChI is InChI=1S/C20H25FN2O/c1-13(18-17(24)12-16-19(18)20(16,2)3)22-8-10-23(11-9-22)15-6-4-14(21)5-7-15/h4-7,16,19H,8-12H2,1-3H3/b18-13-/t16-,19+/m0/s1. The van der Waals surface area contributed by atoms with Crippen LogP contribution >= 0.6 is 0 Å². The van der Waals surface area contributed by atoms with E-state index in [1.54, 1.807) is 0 Å². The maximum Gasteiger partial charge on any atom is 0.161 e. The Labute approximate surface area is 143 Å². The summed E-state index contributed by atoms with van der Waals surface area (Å²) in [4.78, 5) is 17.0. The van der Waals surface area contributed by atoms with Crippen LogP contribution in [0.25, 0.3) is 0 Å². The Kier molecular flexibility index (Phi) is 3.48. The fourth-order valence-corrected chi connectivity index (χ4v) is 4.73. The van der Waals surface area contributed by atoms with Gasteiger partial charge in [0.1, 0.15) is 5.82 Å². The Hall–Kier alpha value is -1.84. The predicted octanol–water partition coefficient (Wildman–Crippen LogP) is 3.47. The summed E-state index contributed by atoms with van der Waals surface area (Å²) < 4.78 is 13.1. The summed E-state index contributed by atoms with van der Waals surface area (Å²) in [5, 5.41) is 0. The highest BCUT2D eigenvalue weighted by Crippen LogP contribution is 2.68. The van der Waals surface area contributed by atoms with Crippen molar-refractivity contribution in [2.75, 3.05) is 31.1 Å². The molecule has 3 fully saturated rings. The van der Waals surface area contributed by atoms with E-state index in [9.17, 15) is 9.18 Å². The van der Waals surface area contributed by atoms with Gasteiger partial charge in [-0.1, -0.05) is 13.8 Å². The van der Waals surface area contributed by atoms with Crippen LogP contribution in [0.1, 0.15) is 27.2 Å². The molecule has 1 aliphatic heterocycles. The van der Waals surface area contributed by atoms with Gasteiger partial charge in [-0.05, 0) is 48.4 Å². The average molecular weight is 328 g/mol. The Morgan fingerprint density at radius 3 is 2.33 bits per heavy atom. The van der Waals surface area contributed by atoms with Gasteiger partial charge >= 0.3 is 0 Å². The van der Waals surface area contributed by atoms with Gasteiger partial charge in [-0.2, -0.15) is 0 Å². The predicted molar refractivity (Wildman–Crippen MR) is 93.3 cm³/mol. The van der Waals surface area contributed by atoms with E-state index in [2.05, 4.69) is 30.6 Å². The van der Waals surface area contributed by atoms with Crippen LogP contribution in [0.2, 0.25) is 0 Å². The van der Waals surface area contributed by atoms with Crippen molar-refractivity contribution in [3.63, 3.8) is 0 Å². The summed E-state index contributed by atoms with van der Waals surface area (Å²) >= 11 is 0. The molecule has 4 heteroatoms. The smallest absolute Gasteiger partial charge is 0.161 e. The summed E-state index contributed by atoms with van der Waals surface area (Å²) in [6.07, 6.45) is 0.736. The van der Waals surface area contributed by atoms with Gasteiger partial charge in [-0.25, -0.2) is 4.39 Å². The van der Waals surface area contributed by atoms with Crippen molar-refractivity contribution >= 4 is 11.5 Å². The minimum Gasteiger partial charge on any atom is -0.371 e. The van der Waals surface area contributed by atoms with E-state index in [1.807, 2.05) is 12.1 Å². The number of hydrogen-bond donors (Lipinski definition) is 0. The zero-order valence-corrected chi connectivity index (χ0v) is 14.7. The number of piperazine rings is 1.